The van der Waals surface area contributed by atoms with Crippen LogP contribution in [0.2, 0.25) is 0 Å². The molecule has 0 aliphatic carbocycles. The van der Waals surface area contributed by atoms with Gasteiger partial charge in [-0.2, -0.15) is 5.10 Å². The molecule has 180 valence electrons. The van der Waals surface area contributed by atoms with Gasteiger partial charge >= 0.3 is 0 Å². The minimum Gasteiger partial charge on any atom is -0.353 e. The number of rotatable bonds is 5. The first kappa shape index (κ1) is 22.9. The monoisotopic (exact) mass is 477 g/mol. The van der Waals surface area contributed by atoms with Crippen LogP contribution in [0.3, 0.4) is 0 Å². The van der Waals surface area contributed by atoms with E-state index in [1.807, 2.05) is 41.3 Å². The fraction of sp³-hybridized carbons (Fsp3) is 0.308. The molecule has 2 fully saturated rings. The first-order valence-electron chi connectivity index (χ1n) is 11.7. The van der Waals surface area contributed by atoms with Crippen molar-refractivity contribution < 1.29 is 18.4 Å². The number of likely N-dealkylation sites (tertiary alicyclic amines) is 1. The van der Waals surface area contributed by atoms with Crippen molar-refractivity contribution in [3.05, 3.63) is 83.6 Å². The molecule has 5 rings (SSSR count). The lowest BCUT2D eigenvalue weighted by Gasteiger charge is -2.38. The van der Waals surface area contributed by atoms with E-state index < -0.39 is 17.5 Å². The Hall–Kier alpha value is -3.88. The maximum absolute atomic E-state index is 14.0. The molecule has 2 aromatic carbocycles. The van der Waals surface area contributed by atoms with Gasteiger partial charge in [0.2, 0.25) is 5.91 Å². The summed E-state index contributed by atoms with van der Waals surface area (Å²) in [5.74, 6) is -0.900. The van der Waals surface area contributed by atoms with Crippen LogP contribution in [-0.4, -0.2) is 53.1 Å². The summed E-state index contributed by atoms with van der Waals surface area (Å²) >= 11 is 0. The number of carbonyl (C=O) groups excluding carboxylic acids is 2. The highest BCUT2D eigenvalue weighted by atomic mass is 19.1. The van der Waals surface area contributed by atoms with Crippen molar-refractivity contribution in [3.8, 4) is 0 Å². The van der Waals surface area contributed by atoms with Gasteiger partial charge in [-0.1, -0.05) is 12.1 Å². The molecule has 35 heavy (non-hydrogen) atoms. The Bertz CT molecular complexity index is 1210. The third kappa shape index (κ3) is 4.99. The van der Waals surface area contributed by atoms with E-state index in [2.05, 4.69) is 15.5 Å². The lowest BCUT2D eigenvalue weighted by Crippen LogP contribution is -2.52. The quantitative estimate of drug-likeness (QED) is 0.604. The van der Waals surface area contributed by atoms with Crippen LogP contribution in [0.4, 0.5) is 20.3 Å². The average molecular weight is 478 g/mol. The molecule has 0 atom stereocenters. The van der Waals surface area contributed by atoms with Gasteiger partial charge in [0.15, 0.2) is 5.82 Å². The number of aromatic nitrogens is 2. The van der Waals surface area contributed by atoms with Gasteiger partial charge in [-0.3, -0.25) is 9.59 Å². The molecule has 1 N–H and O–H groups in total. The summed E-state index contributed by atoms with van der Waals surface area (Å²) in [6, 6.07) is 14.4. The molecule has 1 aromatic heterocycles. The van der Waals surface area contributed by atoms with Gasteiger partial charge in [-0.25, -0.2) is 8.78 Å². The zero-order valence-corrected chi connectivity index (χ0v) is 19.0. The highest BCUT2D eigenvalue weighted by molar-refractivity contribution is 5.95. The summed E-state index contributed by atoms with van der Waals surface area (Å²) in [6.45, 7) is 2.17. The number of benzene rings is 2. The summed E-state index contributed by atoms with van der Waals surface area (Å²) in [4.78, 5) is 28.8. The number of nitrogens with one attached hydrogen (secondary N) is 1. The normalized spacial score (nSPS) is 16.6. The Labute approximate surface area is 201 Å². The van der Waals surface area contributed by atoms with Gasteiger partial charge in [0.25, 0.3) is 5.91 Å². The molecular weight excluding hydrogens is 452 g/mol. The van der Waals surface area contributed by atoms with Crippen LogP contribution < -0.4 is 10.2 Å². The van der Waals surface area contributed by atoms with E-state index in [1.54, 1.807) is 11.1 Å². The topological polar surface area (TPSA) is 78.4 Å². The van der Waals surface area contributed by atoms with Crippen LogP contribution in [0.25, 0.3) is 0 Å². The zero-order valence-electron chi connectivity index (χ0n) is 19.0. The van der Waals surface area contributed by atoms with Gasteiger partial charge in [-0.05, 0) is 66.8 Å². The second-order valence-corrected chi connectivity index (χ2v) is 8.99. The Morgan fingerprint density at radius 1 is 0.971 bits per heavy atom. The predicted molar refractivity (Wildman–Crippen MR) is 127 cm³/mol. The molecule has 2 aliphatic rings. The number of anilines is 2. The van der Waals surface area contributed by atoms with E-state index in [-0.39, 0.29) is 23.3 Å². The van der Waals surface area contributed by atoms with Crippen LogP contribution in [-0.2, 0) is 4.79 Å². The Kier molecular flexibility index (Phi) is 6.39. The van der Waals surface area contributed by atoms with Crippen LogP contribution in [0.1, 0.15) is 34.7 Å². The van der Waals surface area contributed by atoms with Gasteiger partial charge in [0.05, 0.1) is 11.5 Å². The maximum atomic E-state index is 14.0. The summed E-state index contributed by atoms with van der Waals surface area (Å²) in [6.07, 6.45) is 3.08. The van der Waals surface area contributed by atoms with Crippen LogP contribution in [0, 0.1) is 17.6 Å². The predicted octanol–water partition coefficient (Wildman–Crippen LogP) is 3.85. The van der Waals surface area contributed by atoms with E-state index in [0.717, 1.165) is 48.1 Å². The Balaban J connectivity index is 1.11. The number of hydrogen-bond donors (Lipinski definition) is 1. The van der Waals surface area contributed by atoms with Crippen molar-refractivity contribution in [2.24, 2.45) is 5.92 Å². The third-order valence-electron chi connectivity index (χ3n) is 6.73. The number of nitrogens with zero attached hydrogens (tertiary/aromatic N) is 4. The summed E-state index contributed by atoms with van der Waals surface area (Å²) in [5.41, 5.74) is 1.64. The average Bonchev–Trinajstić information content (AvgIpc) is 2.85. The van der Waals surface area contributed by atoms with Crippen molar-refractivity contribution in [3.63, 3.8) is 0 Å². The maximum Gasteiger partial charge on any atom is 0.256 e. The zero-order chi connectivity index (χ0) is 24.4. The van der Waals surface area contributed by atoms with Gasteiger partial charge in [-0.15, -0.1) is 5.10 Å². The molecule has 0 unspecified atom stereocenters. The first-order valence-corrected chi connectivity index (χ1v) is 11.7. The van der Waals surface area contributed by atoms with Crippen molar-refractivity contribution in [2.75, 3.05) is 36.4 Å². The fourth-order valence-corrected chi connectivity index (χ4v) is 4.62. The van der Waals surface area contributed by atoms with Crippen molar-refractivity contribution >= 4 is 23.3 Å². The molecule has 2 amide bonds. The molecule has 3 heterocycles. The van der Waals surface area contributed by atoms with Crippen LogP contribution in [0.15, 0.2) is 60.8 Å². The van der Waals surface area contributed by atoms with Crippen LogP contribution in [0.5, 0.6) is 0 Å². The smallest absolute Gasteiger partial charge is 0.256 e. The van der Waals surface area contributed by atoms with E-state index in [9.17, 15) is 18.4 Å². The summed E-state index contributed by atoms with van der Waals surface area (Å²) in [5, 5.41) is 10.9. The van der Waals surface area contributed by atoms with Crippen molar-refractivity contribution in [1.82, 2.24) is 15.1 Å². The van der Waals surface area contributed by atoms with Crippen LogP contribution >= 0.6 is 0 Å². The first-order chi connectivity index (χ1) is 17.0. The summed E-state index contributed by atoms with van der Waals surface area (Å²) in [7, 11) is 0. The second-order valence-electron chi connectivity index (χ2n) is 8.99. The lowest BCUT2D eigenvalue weighted by atomic mass is 9.89. The highest BCUT2D eigenvalue weighted by Gasteiger charge is 2.33. The van der Waals surface area contributed by atoms with E-state index in [4.69, 9.17) is 0 Å². The van der Waals surface area contributed by atoms with Gasteiger partial charge in [0, 0.05) is 38.1 Å². The van der Waals surface area contributed by atoms with E-state index in [0.29, 0.717) is 26.2 Å². The number of carbonyl (C=O) groups is 2. The molecule has 0 spiro atoms. The van der Waals surface area contributed by atoms with Crippen molar-refractivity contribution in [1.29, 1.82) is 0 Å². The molecule has 9 heteroatoms. The minimum absolute atomic E-state index is 0.0192. The molecular formula is C26H25F2N5O2. The molecule has 2 saturated heterocycles. The number of hydrogen-bond acceptors (Lipinski definition) is 5. The summed E-state index contributed by atoms with van der Waals surface area (Å²) < 4.78 is 27.4. The Morgan fingerprint density at radius 3 is 2.40 bits per heavy atom. The molecule has 3 aromatic rings. The third-order valence-corrected chi connectivity index (χ3v) is 6.73. The number of piperidine rings is 1. The molecule has 0 saturated carbocycles. The van der Waals surface area contributed by atoms with E-state index >= 15 is 0 Å². The molecule has 0 radical (unpaired) electrons. The number of halogens is 2. The Morgan fingerprint density at radius 2 is 1.71 bits per heavy atom. The minimum atomic E-state index is -0.709. The second kappa shape index (κ2) is 9.77. The van der Waals surface area contributed by atoms with Crippen molar-refractivity contribution in [2.45, 2.75) is 18.8 Å². The van der Waals surface area contributed by atoms with Gasteiger partial charge < -0.3 is 15.1 Å². The largest absolute Gasteiger partial charge is 0.353 e. The standard InChI is InChI=1S/C26H25F2N5O2/c27-20-5-8-23(28)22(14-20)26(35)32-12-9-18(10-13-32)17-3-6-21(7-4-17)30-25(34)19-15-33(16-19)24-2-1-11-29-31-24/h1-8,11,14,18-19H,9-10,12-13,15-16H2,(H,30,34). The van der Waals surface area contributed by atoms with Gasteiger partial charge in [0.1, 0.15) is 11.6 Å². The highest BCUT2D eigenvalue weighted by Crippen LogP contribution is 2.30. The molecule has 7 nitrogen and oxygen atoms in total. The molecule has 0 bridgehead atoms. The lowest BCUT2D eigenvalue weighted by molar-refractivity contribution is -0.120. The van der Waals surface area contributed by atoms with E-state index in [1.165, 1.54) is 0 Å². The fourth-order valence-electron chi connectivity index (χ4n) is 4.62. The molecule has 2 aliphatic heterocycles. The SMILES string of the molecule is O=C(Nc1ccc(C2CCN(C(=O)c3cc(F)ccc3F)CC2)cc1)C1CN(c2cccnn2)C1. The number of amides is 2.